The summed E-state index contributed by atoms with van der Waals surface area (Å²) in [5.74, 6) is 0.114. The molecule has 0 aliphatic carbocycles. The molecule has 2 aliphatic heterocycles. The summed E-state index contributed by atoms with van der Waals surface area (Å²) in [5.41, 5.74) is 0.310. The first-order valence-corrected chi connectivity index (χ1v) is 10.2. The second-order valence-electron chi connectivity index (χ2n) is 7.74. The maximum absolute atomic E-state index is 12.9. The van der Waals surface area contributed by atoms with Gasteiger partial charge in [-0.1, -0.05) is 13.8 Å². The Morgan fingerprint density at radius 1 is 1.19 bits per heavy atom. The molecular formula is C19H27N3O3S. The van der Waals surface area contributed by atoms with Crippen LogP contribution in [0.25, 0.3) is 0 Å². The van der Waals surface area contributed by atoms with E-state index in [1.54, 1.807) is 0 Å². The van der Waals surface area contributed by atoms with E-state index in [9.17, 15) is 14.4 Å². The Morgan fingerprint density at radius 3 is 2.46 bits per heavy atom. The number of amides is 3. The number of carbonyl (C=O) groups excluding carboxylic acids is 3. The summed E-state index contributed by atoms with van der Waals surface area (Å²) >= 11 is 1.50. The predicted molar refractivity (Wildman–Crippen MR) is 101 cm³/mol. The lowest BCUT2D eigenvalue weighted by Crippen LogP contribution is -2.46. The van der Waals surface area contributed by atoms with E-state index in [1.165, 1.54) is 11.3 Å². The summed E-state index contributed by atoms with van der Waals surface area (Å²) in [6.45, 7) is 9.13. The predicted octanol–water partition coefficient (Wildman–Crippen LogP) is 1.93. The molecule has 142 valence electrons. The van der Waals surface area contributed by atoms with E-state index < -0.39 is 0 Å². The molecule has 1 spiro atoms. The van der Waals surface area contributed by atoms with Crippen LogP contribution in [0.4, 0.5) is 0 Å². The summed E-state index contributed by atoms with van der Waals surface area (Å²) < 4.78 is 0. The molecule has 1 atom stereocenters. The van der Waals surface area contributed by atoms with Crippen molar-refractivity contribution in [1.29, 1.82) is 0 Å². The van der Waals surface area contributed by atoms with E-state index in [4.69, 9.17) is 0 Å². The van der Waals surface area contributed by atoms with Crippen molar-refractivity contribution >= 4 is 29.1 Å². The average Bonchev–Trinajstić information content (AvgIpc) is 3.19. The zero-order chi connectivity index (χ0) is 18.9. The molecule has 26 heavy (non-hydrogen) atoms. The van der Waals surface area contributed by atoms with Gasteiger partial charge in [-0.2, -0.15) is 11.3 Å². The fourth-order valence-corrected chi connectivity index (χ4v) is 4.67. The van der Waals surface area contributed by atoms with Crippen LogP contribution in [0.1, 0.15) is 37.6 Å². The van der Waals surface area contributed by atoms with Gasteiger partial charge >= 0.3 is 0 Å². The van der Waals surface area contributed by atoms with E-state index in [1.807, 2.05) is 52.3 Å². The molecule has 2 aliphatic rings. The first-order chi connectivity index (χ1) is 12.3. The standard InChI is InChI=1S/C19H27N3O3S/c1-4-20-11-19(9-16(20)23)12-21(17(24)14(2)3)6-7-22(13-19)18(25)15-5-8-26-10-15/h5,8,10,14H,4,6-7,9,11-13H2,1-3H3. The van der Waals surface area contributed by atoms with Gasteiger partial charge in [0.25, 0.3) is 5.91 Å². The lowest BCUT2D eigenvalue weighted by atomic mass is 9.85. The largest absolute Gasteiger partial charge is 0.342 e. The van der Waals surface area contributed by atoms with Crippen LogP contribution in [0, 0.1) is 11.3 Å². The van der Waals surface area contributed by atoms with E-state index in [-0.39, 0.29) is 29.1 Å². The molecule has 0 radical (unpaired) electrons. The molecule has 0 N–H and O–H groups in total. The average molecular weight is 378 g/mol. The molecule has 2 saturated heterocycles. The van der Waals surface area contributed by atoms with E-state index in [0.29, 0.717) is 51.3 Å². The van der Waals surface area contributed by atoms with Crippen molar-refractivity contribution in [1.82, 2.24) is 14.7 Å². The fourth-order valence-electron chi connectivity index (χ4n) is 4.04. The van der Waals surface area contributed by atoms with Gasteiger partial charge in [-0.3, -0.25) is 14.4 Å². The van der Waals surface area contributed by atoms with Crippen LogP contribution < -0.4 is 0 Å². The zero-order valence-corrected chi connectivity index (χ0v) is 16.6. The molecule has 7 heteroatoms. The Balaban J connectivity index is 1.88. The molecule has 0 bridgehead atoms. The van der Waals surface area contributed by atoms with Gasteiger partial charge in [0.05, 0.1) is 5.56 Å². The molecule has 3 amide bonds. The van der Waals surface area contributed by atoms with Crippen molar-refractivity contribution in [3.63, 3.8) is 0 Å². The second kappa shape index (κ2) is 7.39. The highest BCUT2D eigenvalue weighted by Gasteiger charge is 2.47. The van der Waals surface area contributed by atoms with Crippen LogP contribution in [-0.4, -0.2) is 71.7 Å². The fraction of sp³-hybridized carbons (Fsp3) is 0.632. The van der Waals surface area contributed by atoms with Crippen molar-refractivity contribution in [2.45, 2.75) is 27.2 Å². The van der Waals surface area contributed by atoms with Gasteiger partial charge in [-0.05, 0) is 18.4 Å². The van der Waals surface area contributed by atoms with Crippen LogP contribution in [0.3, 0.4) is 0 Å². The number of carbonyl (C=O) groups is 3. The lowest BCUT2D eigenvalue weighted by Gasteiger charge is -2.34. The van der Waals surface area contributed by atoms with Gasteiger partial charge < -0.3 is 14.7 Å². The zero-order valence-electron chi connectivity index (χ0n) is 15.7. The highest BCUT2D eigenvalue weighted by atomic mass is 32.1. The number of thiophene rings is 1. The highest BCUT2D eigenvalue weighted by Crippen LogP contribution is 2.35. The minimum atomic E-state index is -0.375. The van der Waals surface area contributed by atoms with Crippen molar-refractivity contribution in [2.24, 2.45) is 11.3 Å². The van der Waals surface area contributed by atoms with Crippen LogP contribution in [0.15, 0.2) is 16.8 Å². The van der Waals surface area contributed by atoms with Crippen molar-refractivity contribution in [2.75, 3.05) is 39.3 Å². The van der Waals surface area contributed by atoms with Crippen LogP contribution in [-0.2, 0) is 9.59 Å². The maximum atomic E-state index is 12.9. The summed E-state index contributed by atoms with van der Waals surface area (Å²) in [6.07, 6.45) is 0.399. The lowest BCUT2D eigenvalue weighted by molar-refractivity contribution is -0.135. The Bertz CT molecular complexity index is 688. The van der Waals surface area contributed by atoms with Crippen LogP contribution in [0.5, 0.6) is 0 Å². The van der Waals surface area contributed by atoms with Gasteiger partial charge in [0, 0.05) is 62.4 Å². The summed E-state index contributed by atoms with van der Waals surface area (Å²) in [5, 5.41) is 3.75. The second-order valence-corrected chi connectivity index (χ2v) is 8.52. The number of nitrogens with zero attached hydrogens (tertiary/aromatic N) is 3. The molecule has 0 aromatic carbocycles. The van der Waals surface area contributed by atoms with E-state index in [2.05, 4.69) is 0 Å². The quantitative estimate of drug-likeness (QED) is 0.809. The third kappa shape index (κ3) is 3.63. The third-order valence-electron chi connectivity index (χ3n) is 5.34. The molecule has 0 saturated carbocycles. The van der Waals surface area contributed by atoms with Crippen LogP contribution >= 0.6 is 11.3 Å². The molecule has 1 aromatic heterocycles. The van der Waals surface area contributed by atoms with Gasteiger partial charge in [0.1, 0.15) is 0 Å². The summed E-state index contributed by atoms with van der Waals surface area (Å²) in [7, 11) is 0. The molecule has 1 aromatic rings. The highest BCUT2D eigenvalue weighted by molar-refractivity contribution is 7.08. The topological polar surface area (TPSA) is 60.9 Å². The van der Waals surface area contributed by atoms with Gasteiger partial charge in [0.15, 0.2) is 0 Å². The minimum Gasteiger partial charge on any atom is -0.342 e. The number of hydrogen-bond acceptors (Lipinski definition) is 4. The molecule has 1 unspecified atom stereocenters. The molecule has 3 heterocycles. The third-order valence-corrected chi connectivity index (χ3v) is 6.02. The number of likely N-dealkylation sites (tertiary alicyclic amines) is 1. The van der Waals surface area contributed by atoms with Gasteiger partial charge in [-0.15, -0.1) is 0 Å². The first kappa shape index (κ1) is 18.9. The molecule has 3 rings (SSSR count). The maximum Gasteiger partial charge on any atom is 0.254 e. The van der Waals surface area contributed by atoms with Crippen LogP contribution in [0.2, 0.25) is 0 Å². The smallest absolute Gasteiger partial charge is 0.254 e. The van der Waals surface area contributed by atoms with Gasteiger partial charge in [-0.25, -0.2) is 0 Å². The molecule has 6 nitrogen and oxygen atoms in total. The normalized spacial score (nSPS) is 23.8. The molecular weight excluding hydrogens is 350 g/mol. The number of hydrogen-bond donors (Lipinski definition) is 0. The van der Waals surface area contributed by atoms with Crippen molar-refractivity contribution in [3.05, 3.63) is 22.4 Å². The Hall–Kier alpha value is -1.89. The molecule has 2 fully saturated rings. The van der Waals surface area contributed by atoms with Crippen molar-refractivity contribution in [3.8, 4) is 0 Å². The summed E-state index contributed by atoms with van der Waals surface area (Å²) in [6, 6.07) is 1.83. The van der Waals surface area contributed by atoms with E-state index in [0.717, 1.165) is 0 Å². The first-order valence-electron chi connectivity index (χ1n) is 9.23. The van der Waals surface area contributed by atoms with Crippen molar-refractivity contribution < 1.29 is 14.4 Å². The SMILES string of the molecule is CCN1CC2(CC1=O)CN(C(=O)c1ccsc1)CCN(C(=O)C(C)C)C2. The Kier molecular flexibility index (Phi) is 5.37. The van der Waals surface area contributed by atoms with Gasteiger partial charge in [0.2, 0.25) is 11.8 Å². The van der Waals surface area contributed by atoms with E-state index >= 15 is 0 Å². The minimum absolute atomic E-state index is 0.00753. The summed E-state index contributed by atoms with van der Waals surface area (Å²) in [4.78, 5) is 43.5. The number of rotatable bonds is 3. The Morgan fingerprint density at radius 2 is 1.88 bits per heavy atom. The Labute approximate surface area is 158 Å². The monoisotopic (exact) mass is 377 g/mol.